The van der Waals surface area contributed by atoms with E-state index in [0.29, 0.717) is 22.9 Å². The lowest BCUT2D eigenvalue weighted by molar-refractivity contribution is 0.310. The fourth-order valence-electron chi connectivity index (χ4n) is 2.51. The van der Waals surface area contributed by atoms with E-state index in [1.807, 2.05) is 0 Å². The highest BCUT2D eigenvalue weighted by molar-refractivity contribution is 5.82. The van der Waals surface area contributed by atoms with Crippen molar-refractivity contribution in [3.8, 4) is 17.4 Å². The number of ether oxygens (including phenoxy) is 1. The molecular weight excluding hydrogens is 329 g/mol. The average molecular weight is 341 g/mol. The molecule has 0 amide bonds. The van der Waals surface area contributed by atoms with Crippen LogP contribution in [0.1, 0.15) is 5.69 Å². The average Bonchev–Trinajstić information content (AvgIpc) is 3.20. The minimum Gasteiger partial charge on any atom is -0.480 e. The van der Waals surface area contributed by atoms with Crippen molar-refractivity contribution in [2.75, 3.05) is 12.8 Å². The molecular formula is C15H12FN7O2. The van der Waals surface area contributed by atoms with Gasteiger partial charge in [0.1, 0.15) is 5.52 Å². The van der Waals surface area contributed by atoms with Gasteiger partial charge in [-0.25, -0.2) is 14.0 Å². The summed E-state index contributed by atoms with van der Waals surface area (Å²) < 4.78 is 25.5. The number of nitrogen functional groups attached to an aromatic ring is 1. The summed E-state index contributed by atoms with van der Waals surface area (Å²) in [7, 11) is 1.51. The third-order valence-electron chi connectivity index (χ3n) is 3.68. The first-order chi connectivity index (χ1) is 12.2. The van der Waals surface area contributed by atoms with Gasteiger partial charge < -0.3 is 15.0 Å². The summed E-state index contributed by atoms with van der Waals surface area (Å²) in [5.74, 6) is 0.345. The van der Waals surface area contributed by atoms with E-state index in [0.717, 1.165) is 0 Å². The molecule has 0 saturated heterocycles. The zero-order valence-corrected chi connectivity index (χ0v) is 13.0. The summed E-state index contributed by atoms with van der Waals surface area (Å²) in [5.41, 5.74) is 7.39. The second kappa shape index (κ2) is 5.82. The van der Waals surface area contributed by atoms with Crippen LogP contribution in [0.25, 0.3) is 22.6 Å². The van der Waals surface area contributed by atoms with Gasteiger partial charge in [-0.3, -0.25) is 0 Å². The van der Waals surface area contributed by atoms with E-state index in [9.17, 15) is 4.39 Å². The van der Waals surface area contributed by atoms with Crippen LogP contribution in [0.2, 0.25) is 0 Å². The van der Waals surface area contributed by atoms with Gasteiger partial charge in [-0.05, 0) is 28.5 Å². The van der Waals surface area contributed by atoms with E-state index in [4.69, 9.17) is 10.5 Å². The van der Waals surface area contributed by atoms with Crippen molar-refractivity contribution in [3.63, 3.8) is 0 Å². The number of para-hydroxylation sites is 1. The van der Waals surface area contributed by atoms with Crippen molar-refractivity contribution in [2.45, 2.75) is 6.54 Å². The fourth-order valence-corrected chi connectivity index (χ4v) is 2.51. The Kier molecular flexibility index (Phi) is 3.49. The van der Waals surface area contributed by atoms with Crippen molar-refractivity contribution >= 4 is 16.9 Å². The van der Waals surface area contributed by atoms with Crippen molar-refractivity contribution in [2.24, 2.45) is 0 Å². The van der Waals surface area contributed by atoms with Gasteiger partial charge in [0.25, 0.3) is 0 Å². The molecule has 0 unspecified atom stereocenters. The van der Waals surface area contributed by atoms with Crippen LogP contribution < -0.4 is 10.5 Å². The predicted octanol–water partition coefficient (Wildman–Crippen LogP) is 1.65. The number of rotatable bonds is 4. The van der Waals surface area contributed by atoms with Crippen LogP contribution in [0.3, 0.4) is 0 Å². The number of nitrogens with two attached hydrogens (primary N) is 1. The fraction of sp³-hybridized carbons (Fsp3) is 0.133. The Balaban J connectivity index is 1.88. The molecule has 0 bridgehead atoms. The topological polar surface area (TPSA) is 118 Å². The molecule has 0 aliphatic carbocycles. The van der Waals surface area contributed by atoms with Crippen molar-refractivity contribution in [1.29, 1.82) is 0 Å². The van der Waals surface area contributed by atoms with Crippen LogP contribution >= 0.6 is 0 Å². The van der Waals surface area contributed by atoms with Crippen LogP contribution in [-0.4, -0.2) is 37.2 Å². The van der Waals surface area contributed by atoms with Gasteiger partial charge in [-0.15, -0.1) is 10.2 Å². The number of nitrogens with zero attached hydrogens (tertiary/aromatic N) is 6. The number of hydrogen-bond acceptors (Lipinski definition) is 8. The Labute approximate surface area is 140 Å². The highest BCUT2D eigenvalue weighted by Crippen LogP contribution is 2.28. The predicted molar refractivity (Wildman–Crippen MR) is 85.1 cm³/mol. The van der Waals surface area contributed by atoms with Crippen LogP contribution in [-0.2, 0) is 6.54 Å². The third kappa shape index (κ3) is 2.53. The molecule has 0 aliphatic heterocycles. The molecule has 4 aromatic rings. The van der Waals surface area contributed by atoms with Crippen molar-refractivity contribution in [3.05, 3.63) is 41.8 Å². The molecule has 1 aromatic carbocycles. The highest BCUT2D eigenvalue weighted by Gasteiger charge is 2.21. The van der Waals surface area contributed by atoms with E-state index in [-0.39, 0.29) is 23.6 Å². The Morgan fingerprint density at radius 3 is 2.76 bits per heavy atom. The zero-order chi connectivity index (χ0) is 17.4. The van der Waals surface area contributed by atoms with Gasteiger partial charge in [0.2, 0.25) is 5.88 Å². The summed E-state index contributed by atoms with van der Waals surface area (Å²) in [6.45, 7) is 0.276. The minimum atomic E-state index is -0.451. The molecule has 126 valence electrons. The smallest absolute Gasteiger partial charge is 0.233 e. The Bertz CT molecular complexity index is 1040. The number of anilines is 1. The third-order valence-corrected chi connectivity index (χ3v) is 3.68. The maximum atomic E-state index is 14.1. The molecule has 0 fully saturated rings. The molecule has 3 heterocycles. The molecule has 25 heavy (non-hydrogen) atoms. The van der Waals surface area contributed by atoms with Crippen LogP contribution in [0, 0.1) is 5.82 Å². The molecule has 0 atom stereocenters. The molecule has 2 N–H and O–H groups in total. The van der Waals surface area contributed by atoms with E-state index < -0.39 is 5.82 Å². The summed E-state index contributed by atoms with van der Waals surface area (Å²) in [4.78, 5) is 4.32. The molecule has 4 rings (SSSR count). The lowest BCUT2D eigenvalue weighted by Gasteiger charge is -2.07. The molecule has 9 nitrogen and oxygen atoms in total. The second-order valence-electron chi connectivity index (χ2n) is 5.19. The Morgan fingerprint density at radius 1 is 1.20 bits per heavy atom. The first-order valence-corrected chi connectivity index (χ1v) is 7.27. The van der Waals surface area contributed by atoms with E-state index in [1.54, 1.807) is 28.8 Å². The van der Waals surface area contributed by atoms with Gasteiger partial charge in [0.05, 0.1) is 24.9 Å². The maximum absolute atomic E-state index is 14.1. The molecule has 0 saturated carbocycles. The molecule has 10 heteroatoms. The van der Waals surface area contributed by atoms with Crippen LogP contribution in [0.4, 0.5) is 10.2 Å². The van der Waals surface area contributed by atoms with Gasteiger partial charge in [-0.1, -0.05) is 6.07 Å². The summed E-state index contributed by atoms with van der Waals surface area (Å²) in [6, 6.07) is 8.12. The van der Waals surface area contributed by atoms with Crippen LogP contribution in [0.5, 0.6) is 5.88 Å². The van der Waals surface area contributed by atoms with Gasteiger partial charge in [0, 0.05) is 6.07 Å². The first-order valence-electron chi connectivity index (χ1n) is 7.27. The van der Waals surface area contributed by atoms with E-state index >= 15 is 0 Å². The first kappa shape index (κ1) is 15.0. The summed E-state index contributed by atoms with van der Waals surface area (Å²) in [6.07, 6.45) is 0. The number of aromatic nitrogens is 6. The number of imidazole rings is 1. The Hall–Kier alpha value is -3.56. The normalized spacial score (nSPS) is 11.1. The molecule has 0 spiro atoms. The lowest BCUT2D eigenvalue weighted by Crippen LogP contribution is -2.06. The van der Waals surface area contributed by atoms with E-state index in [2.05, 4.69) is 30.1 Å². The minimum absolute atomic E-state index is 0.0674. The zero-order valence-electron chi connectivity index (χ0n) is 13.0. The number of hydrogen-bond donors (Lipinski definition) is 1. The number of methoxy groups -OCH3 is 1. The van der Waals surface area contributed by atoms with Gasteiger partial charge >= 0.3 is 0 Å². The van der Waals surface area contributed by atoms with E-state index in [1.165, 1.54) is 13.2 Å². The largest absolute Gasteiger partial charge is 0.480 e. The molecule has 0 aliphatic rings. The van der Waals surface area contributed by atoms with Gasteiger partial charge in [-0.2, -0.15) is 0 Å². The second-order valence-corrected chi connectivity index (χ2v) is 5.19. The monoisotopic (exact) mass is 341 g/mol. The standard InChI is InChI=1S/C15H12FN7O2/c1-24-11-6-5-8(19-20-11)7-23-10-4-2-3-9(16)12(10)18-15(23)13-14(17)22-25-21-13/h2-6H,7H2,1H3,(H2,17,22). The molecule has 3 aromatic heterocycles. The number of benzene rings is 1. The van der Waals surface area contributed by atoms with Crippen molar-refractivity contribution in [1.82, 2.24) is 30.1 Å². The highest BCUT2D eigenvalue weighted by atomic mass is 19.1. The number of fused-ring (bicyclic) bond motifs is 1. The SMILES string of the molecule is COc1ccc(Cn2c(-c3nonc3N)nc3c(F)cccc32)nn1. The summed E-state index contributed by atoms with van der Waals surface area (Å²) >= 11 is 0. The lowest BCUT2D eigenvalue weighted by atomic mass is 10.3. The van der Waals surface area contributed by atoms with Gasteiger partial charge in [0.15, 0.2) is 23.2 Å². The summed E-state index contributed by atoms with van der Waals surface area (Å²) in [5, 5.41) is 15.3. The quantitative estimate of drug-likeness (QED) is 0.595. The molecule has 0 radical (unpaired) electrons. The number of halogens is 1. The van der Waals surface area contributed by atoms with Crippen LogP contribution in [0.15, 0.2) is 35.0 Å². The van der Waals surface area contributed by atoms with Crippen molar-refractivity contribution < 1.29 is 13.8 Å². The Morgan fingerprint density at radius 2 is 2.08 bits per heavy atom. The maximum Gasteiger partial charge on any atom is 0.233 e.